The fraction of sp³-hybridized carbons (Fsp3) is 1.00. The molecule has 1 saturated carbocycles. The summed E-state index contributed by atoms with van der Waals surface area (Å²) in [5.41, 5.74) is 6.45. The van der Waals surface area contributed by atoms with Gasteiger partial charge in [0.05, 0.1) is 12.7 Å². The summed E-state index contributed by atoms with van der Waals surface area (Å²) in [6.07, 6.45) is 4.28. The van der Waals surface area contributed by atoms with E-state index in [4.69, 9.17) is 10.5 Å². The fourth-order valence-corrected chi connectivity index (χ4v) is 4.07. The Kier molecular flexibility index (Phi) is 4.35. The van der Waals surface area contributed by atoms with Crippen molar-refractivity contribution in [2.75, 3.05) is 19.7 Å². The molecule has 0 amide bonds. The smallest absolute Gasteiger partial charge is 0.0675 e. The summed E-state index contributed by atoms with van der Waals surface area (Å²) in [6, 6.07) is 0.498. The van der Waals surface area contributed by atoms with Crippen LogP contribution in [-0.4, -0.2) is 42.3 Å². The van der Waals surface area contributed by atoms with Crippen LogP contribution in [0.25, 0.3) is 0 Å². The van der Waals surface area contributed by atoms with Crippen molar-refractivity contribution in [3.8, 4) is 0 Å². The van der Waals surface area contributed by atoms with Gasteiger partial charge in [-0.1, -0.05) is 26.7 Å². The molecule has 18 heavy (non-hydrogen) atoms. The highest BCUT2D eigenvalue weighted by Crippen LogP contribution is 2.42. The van der Waals surface area contributed by atoms with Gasteiger partial charge in [0.2, 0.25) is 0 Å². The number of rotatable bonds is 2. The Morgan fingerprint density at radius 2 is 2.00 bits per heavy atom. The second kappa shape index (κ2) is 5.48. The molecule has 0 aromatic rings. The van der Waals surface area contributed by atoms with Gasteiger partial charge in [-0.25, -0.2) is 0 Å². The molecule has 0 aromatic heterocycles. The van der Waals surface area contributed by atoms with Crippen molar-refractivity contribution in [1.82, 2.24) is 4.90 Å². The maximum Gasteiger partial charge on any atom is 0.0675 e. The zero-order valence-corrected chi connectivity index (χ0v) is 12.5. The van der Waals surface area contributed by atoms with E-state index < -0.39 is 0 Å². The number of nitrogens with two attached hydrogens (primary N) is 1. The van der Waals surface area contributed by atoms with E-state index in [0.717, 1.165) is 25.6 Å². The van der Waals surface area contributed by atoms with Gasteiger partial charge in [-0.05, 0) is 32.1 Å². The monoisotopic (exact) mass is 254 g/mol. The first kappa shape index (κ1) is 14.3. The lowest BCUT2D eigenvalue weighted by Gasteiger charge is -2.56. The summed E-state index contributed by atoms with van der Waals surface area (Å²) in [7, 11) is 0. The summed E-state index contributed by atoms with van der Waals surface area (Å²) in [6.45, 7) is 11.9. The first-order valence-corrected chi connectivity index (χ1v) is 7.59. The van der Waals surface area contributed by atoms with Gasteiger partial charge in [-0.2, -0.15) is 0 Å². The molecule has 5 atom stereocenters. The highest BCUT2D eigenvalue weighted by molar-refractivity contribution is 5.03. The standard InChI is InChI=1S/C15H30N2O/c1-11-6-5-7-15(10-16,14(11)4)17-8-13(3)18-9-12(17)2/h11-14H,5-10,16H2,1-4H3. The highest BCUT2D eigenvalue weighted by atomic mass is 16.5. The van der Waals surface area contributed by atoms with Crippen molar-refractivity contribution >= 4 is 0 Å². The first-order valence-electron chi connectivity index (χ1n) is 7.59. The van der Waals surface area contributed by atoms with Crippen molar-refractivity contribution < 1.29 is 4.74 Å². The quantitative estimate of drug-likeness (QED) is 0.821. The summed E-state index contributed by atoms with van der Waals surface area (Å²) in [5, 5.41) is 0. The van der Waals surface area contributed by atoms with Crippen molar-refractivity contribution in [3.63, 3.8) is 0 Å². The number of ether oxygens (including phenoxy) is 1. The van der Waals surface area contributed by atoms with Crippen LogP contribution < -0.4 is 5.73 Å². The van der Waals surface area contributed by atoms with E-state index >= 15 is 0 Å². The van der Waals surface area contributed by atoms with E-state index in [-0.39, 0.29) is 5.54 Å². The van der Waals surface area contributed by atoms with Crippen LogP contribution in [0, 0.1) is 11.8 Å². The van der Waals surface area contributed by atoms with Gasteiger partial charge in [0.1, 0.15) is 0 Å². The molecule has 0 radical (unpaired) electrons. The van der Waals surface area contributed by atoms with Gasteiger partial charge in [-0.15, -0.1) is 0 Å². The SMILES string of the molecule is CC1CN(C2(CN)CCCC(C)C2C)C(C)CO1. The summed E-state index contributed by atoms with van der Waals surface area (Å²) < 4.78 is 5.78. The zero-order valence-electron chi connectivity index (χ0n) is 12.5. The molecule has 2 aliphatic rings. The number of morpholine rings is 1. The van der Waals surface area contributed by atoms with Gasteiger partial charge in [0.25, 0.3) is 0 Å². The lowest BCUT2D eigenvalue weighted by molar-refractivity contribution is -0.123. The molecule has 106 valence electrons. The molecule has 2 fully saturated rings. The number of nitrogens with zero attached hydrogens (tertiary/aromatic N) is 1. The second-order valence-corrected chi connectivity index (χ2v) is 6.61. The van der Waals surface area contributed by atoms with E-state index in [2.05, 4.69) is 32.6 Å². The average molecular weight is 254 g/mol. The minimum absolute atomic E-state index is 0.203. The third-order valence-corrected chi connectivity index (χ3v) is 5.50. The average Bonchev–Trinajstić information content (AvgIpc) is 2.36. The summed E-state index contributed by atoms with van der Waals surface area (Å²) in [5.74, 6) is 1.47. The molecule has 0 bridgehead atoms. The first-order chi connectivity index (χ1) is 8.51. The molecule has 1 saturated heterocycles. The Bertz CT molecular complexity index is 284. The van der Waals surface area contributed by atoms with Crippen LogP contribution >= 0.6 is 0 Å². The van der Waals surface area contributed by atoms with Crippen LogP contribution in [-0.2, 0) is 4.74 Å². The molecule has 0 aromatic carbocycles. The number of hydrogen-bond acceptors (Lipinski definition) is 3. The molecule has 3 nitrogen and oxygen atoms in total. The molecule has 1 aliphatic heterocycles. The Balaban J connectivity index is 2.24. The zero-order chi connectivity index (χ0) is 13.3. The van der Waals surface area contributed by atoms with E-state index in [1.54, 1.807) is 0 Å². The maximum atomic E-state index is 6.25. The molecule has 1 aliphatic carbocycles. The van der Waals surface area contributed by atoms with Crippen molar-refractivity contribution in [1.29, 1.82) is 0 Å². The minimum Gasteiger partial charge on any atom is -0.376 e. The Morgan fingerprint density at radius 3 is 2.67 bits per heavy atom. The van der Waals surface area contributed by atoms with Crippen LogP contribution in [0.4, 0.5) is 0 Å². The van der Waals surface area contributed by atoms with Crippen molar-refractivity contribution in [3.05, 3.63) is 0 Å². The topological polar surface area (TPSA) is 38.5 Å². The van der Waals surface area contributed by atoms with Gasteiger partial charge >= 0.3 is 0 Å². The third kappa shape index (κ3) is 2.33. The van der Waals surface area contributed by atoms with E-state index in [1.807, 2.05) is 0 Å². The largest absolute Gasteiger partial charge is 0.376 e. The van der Waals surface area contributed by atoms with Crippen molar-refractivity contribution in [2.24, 2.45) is 17.6 Å². The van der Waals surface area contributed by atoms with Crippen LogP contribution in [0.1, 0.15) is 47.0 Å². The van der Waals surface area contributed by atoms with Crippen LogP contribution in [0.5, 0.6) is 0 Å². The van der Waals surface area contributed by atoms with E-state index in [0.29, 0.717) is 18.1 Å². The maximum absolute atomic E-state index is 6.25. The molecule has 5 unspecified atom stereocenters. The Morgan fingerprint density at radius 1 is 1.28 bits per heavy atom. The van der Waals surface area contributed by atoms with Gasteiger partial charge in [-0.3, -0.25) is 4.90 Å². The second-order valence-electron chi connectivity index (χ2n) is 6.61. The molecule has 2 rings (SSSR count). The third-order valence-electron chi connectivity index (χ3n) is 5.50. The van der Waals surface area contributed by atoms with Gasteiger partial charge < -0.3 is 10.5 Å². The lowest BCUT2D eigenvalue weighted by atomic mass is 9.66. The summed E-state index contributed by atoms with van der Waals surface area (Å²) >= 11 is 0. The molecular formula is C15H30N2O. The Hall–Kier alpha value is -0.120. The van der Waals surface area contributed by atoms with Crippen LogP contribution in [0.15, 0.2) is 0 Å². The van der Waals surface area contributed by atoms with Crippen LogP contribution in [0.3, 0.4) is 0 Å². The van der Waals surface area contributed by atoms with Crippen molar-refractivity contribution in [2.45, 2.75) is 64.6 Å². The van der Waals surface area contributed by atoms with Gasteiger partial charge in [0.15, 0.2) is 0 Å². The number of hydrogen-bond donors (Lipinski definition) is 1. The van der Waals surface area contributed by atoms with Crippen LogP contribution in [0.2, 0.25) is 0 Å². The molecule has 0 spiro atoms. The summed E-state index contributed by atoms with van der Waals surface area (Å²) in [4.78, 5) is 2.67. The minimum atomic E-state index is 0.203. The lowest BCUT2D eigenvalue weighted by Crippen LogP contribution is -2.66. The van der Waals surface area contributed by atoms with Gasteiger partial charge in [0, 0.05) is 24.7 Å². The fourth-order valence-electron chi connectivity index (χ4n) is 4.07. The van der Waals surface area contributed by atoms with E-state index in [1.165, 1.54) is 19.3 Å². The Labute approximate surface area is 112 Å². The molecular weight excluding hydrogens is 224 g/mol. The molecule has 2 N–H and O–H groups in total. The highest BCUT2D eigenvalue weighted by Gasteiger charge is 2.47. The predicted octanol–water partition coefficient (Wildman–Crippen LogP) is 2.25. The predicted molar refractivity (Wildman–Crippen MR) is 75.5 cm³/mol. The van der Waals surface area contributed by atoms with E-state index in [9.17, 15) is 0 Å². The normalized spacial score (nSPS) is 47.2. The molecule has 3 heteroatoms. The molecule has 1 heterocycles.